The highest BCUT2D eigenvalue weighted by atomic mass is 32.1. The lowest BCUT2D eigenvalue weighted by atomic mass is 9.63. The molecule has 0 N–H and O–H groups in total. The van der Waals surface area contributed by atoms with Crippen molar-refractivity contribution in [2.75, 3.05) is 4.90 Å². The van der Waals surface area contributed by atoms with Gasteiger partial charge in [-0.05, 0) is 147 Å². The van der Waals surface area contributed by atoms with Crippen molar-refractivity contribution in [2.24, 2.45) is 11.8 Å². The van der Waals surface area contributed by atoms with Gasteiger partial charge >= 0.3 is 0 Å². The molecule has 8 aromatic rings. The highest BCUT2D eigenvalue weighted by Gasteiger charge is 2.39. The molecule has 0 saturated heterocycles. The Labute approximate surface area is 367 Å². The summed E-state index contributed by atoms with van der Waals surface area (Å²) >= 11 is 1.91. The topological polar surface area (TPSA) is 3.24 Å². The quantitative estimate of drug-likeness (QED) is 0.167. The maximum Gasteiger partial charge on any atom is 0.0467 e. The highest BCUT2D eigenvalue weighted by Crippen LogP contribution is 2.54. The first-order valence-electron chi connectivity index (χ1n) is 22.9. The van der Waals surface area contributed by atoms with E-state index in [1.807, 2.05) is 11.3 Å². The number of nitrogens with zero attached hydrogens (tertiary/aromatic N) is 1. The van der Waals surface area contributed by atoms with E-state index in [0.29, 0.717) is 23.7 Å². The molecule has 1 fully saturated rings. The molecule has 61 heavy (non-hydrogen) atoms. The van der Waals surface area contributed by atoms with Gasteiger partial charge in [0.15, 0.2) is 0 Å². The summed E-state index contributed by atoms with van der Waals surface area (Å²) in [5.41, 5.74) is 17.6. The molecule has 0 spiro atoms. The molecule has 1 saturated carbocycles. The largest absolute Gasteiger partial charge is 0.310 e. The number of anilines is 3. The first kappa shape index (κ1) is 38.5. The summed E-state index contributed by atoms with van der Waals surface area (Å²) < 4.78 is 2.69. The van der Waals surface area contributed by atoms with Crippen LogP contribution in [0.4, 0.5) is 17.1 Å². The predicted octanol–water partition coefficient (Wildman–Crippen LogP) is 17.2. The first-order valence-corrected chi connectivity index (χ1v) is 23.7. The molecular formula is C59H57NS. The molecule has 2 bridgehead atoms. The zero-order chi connectivity index (χ0) is 41.6. The molecule has 1 heterocycles. The van der Waals surface area contributed by atoms with E-state index in [2.05, 4.69) is 198 Å². The van der Waals surface area contributed by atoms with Crippen LogP contribution < -0.4 is 4.90 Å². The third kappa shape index (κ3) is 6.23. The molecule has 0 amide bonds. The third-order valence-corrected chi connectivity index (χ3v) is 16.5. The average molecular weight is 812 g/mol. The van der Waals surface area contributed by atoms with Gasteiger partial charge in [0.2, 0.25) is 0 Å². The maximum absolute atomic E-state index is 2.64. The number of hydrogen-bond acceptors (Lipinski definition) is 2. The summed E-state index contributed by atoms with van der Waals surface area (Å²) in [6.45, 7) is 14.8. The first-order chi connectivity index (χ1) is 29.6. The van der Waals surface area contributed by atoms with E-state index >= 15 is 0 Å². The molecular weight excluding hydrogens is 755 g/mol. The molecule has 0 radical (unpaired) electrons. The van der Waals surface area contributed by atoms with Crippen LogP contribution in [-0.4, -0.2) is 0 Å². The summed E-state index contributed by atoms with van der Waals surface area (Å²) in [5.74, 6) is 2.49. The molecule has 4 atom stereocenters. The number of benzene rings is 7. The fourth-order valence-corrected chi connectivity index (χ4v) is 13.5. The van der Waals surface area contributed by atoms with Gasteiger partial charge in [0, 0.05) is 48.1 Å². The van der Waals surface area contributed by atoms with Crippen LogP contribution in [0, 0.1) is 11.8 Å². The van der Waals surface area contributed by atoms with E-state index in [1.165, 1.54) is 114 Å². The van der Waals surface area contributed by atoms with Crippen molar-refractivity contribution in [1.82, 2.24) is 0 Å². The van der Waals surface area contributed by atoms with Gasteiger partial charge in [0.05, 0.1) is 0 Å². The summed E-state index contributed by atoms with van der Waals surface area (Å²) in [7, 11) is 0. The van der Waals surface area contributed by atoms with Gasteiger partial charge in [0.25, 0.3) is 0 Å². The van der Waals surface area contributed by atoms with Crippen molar-refractivity contribution >= 4 is 48.6 Å². The molecule has 2 heteroatoms. The molecule has 1 aromatic heterocycles. The van der Waals surface area contributed by atoms with Crippen molar-refractivity contribution < 1.29 is 0 Å². The standard InChI is InChI=1S/C59H57NS/c1-7-38-32-40-30-37(2)31-41(33-38)51-35-43(27-29-54(51)58(3,4)52-23-11-8-18-45(40)52)60(44-26-28-48-47-19-9-12-24-53(47)59(5,6)55(48)36-44)42-17-14-16-39(34-42)46-21-15-22-50-49-20-10-13-25-56(49)61-57(46)50/h8-29,34-38,40-41H,7,30-33H2,1-6H3/t37-,38+,40?,41?/m0/s1. The van der Waals surface area contributed by atoms with Gasteiger partial charge in [0.1, 0.15) is 0 Å². The second-order valence-electron chi connectivity index (χ2n) is 19.8. The zero-order valence-electron chi connectivity index (χ0n) is 36.6. The van der Waals surface area contributed by atoms with Crippen LogP contribution in [0.15, 0.2) is 152 Å². The second kappa shape index (κ2) is 14.6. The molecule has 4 aliphatic rings. The molecule has 7 aromatic carbocycles. The summed E-state index contributed by atoms with van der Waals surface area (Å²) in [6, 6.07) is 58.5. The normalized spacial score (nSPS) is 21.0. The lowest BCUT2D eigenvalue weighted by Gasteiger charge is -2.42. The van der Waals surface area contributed by atoms with Gasteiger partial charge < -0.3 is 4.90 Å². The minimum absolute atomic E-state index is 0.103. The van der Waals surface area contributed by atoms with Gasteiger partial charge in [-0.2, -0.15) is 0 Å². The van der Waals surface area contributed by atoms with Crippen LogP contribution in [0.25, 0.3) is 42.4 Å². The summed E-state index contributed by atoms with van der Waals surface area (Å²) in [6.07, 6.45) is 6.29. The van der Waals surface area contributed by atoms with Crippen molar-refractivity contribution in [3.63, 3.8) is 0 Å². The van der Waals surface area contributed by atoms with Crippen LogP contribution in [0.5, 0.6) is 0 Å². The Balaban J connectivity index is 1.13. The fourth-order valence-electron chi connectivity index (χ4n) is 12.2. The monoisotopic (exact) mass is 811 g/mol. The average Bonchev–Trinajstić information content (AvgIpc) is 3.76. The Morgan fingerprint density at radius 1 is 0.508 bits per heavy atom. The summed E-state index contributed by atoms with van der Waals surface area (Å²) in [4.78, 5) is 2.58. The van der Waals surface area contributed by atoms with Crippen molar-refractivity contribution in [3.8, 4) is 22.3 Å². The van der Waals surface area contributed by atoms with E-state index in [4.69, 9.17) is 0 Å². The van der Waals surface area contributed by atoms with Gasteiger partial charge in [-0.25, -0.2) is 0 Å². The van der Waals surface area contributed by atoms with E-state index in [1.54, 1.807) is 11.1 Å². The van der Waals surface area contributed by atoms with E-state index in [-0.39, 0.29) is 10.8 Å². The van der Waals surface area contributed by atoms with Gasteiger partial charge in [-0.1, -0.05) is 157 Å². The Kier molecular flexibility index (Phi) is 9.21. The number of hydrogen-bond donors (Lipinski definition) is 0. The Morgan fingerprint density at radius 2 is 1.11 bits per heavy atom. The fraction of sp³-hybridized carbons (Fsp3) is 0.288. The zero-order valence-corrected chi connectivity index (χ0v) is 37.5. The molecule has 12 rings (SSSR count). The van der Waals surface area contributed by atoms with Gasteiger partial charge in [-0.15, -0.1) is 11.3 Å². The molecule has 2 unspecified atom stereocenters. The minimum atomic E-state index is -0.127. The van der Waals surface area contributed by atoms with Crippen LogP contribution in [-0.2, 0) is 10.8 Å². The van der Waals surface area contributed by atoms with Gasteiger partial charge in [-0.3, -0.25) is 0 Å². The Bertz CT molecular complexity index is 2980. The highest BCUT2D eigenvalue weighted by molar-refractivity contribution is 7.26. The van der Waals surface area contributed by atoms with Crippen LogP contribution in [0.1, 0.15) is 119 Å². The molecule has 4 aliphatic carbocycles. The second-order valence-corrected chi connectivity index (χ2v) is 20.8. The van der Waals surface area contributed by atoms with E-state index in [9.17, 15) is 0 Å². The minimum Gasteiger partial charge on any atom is -0.310 e. The van der Waals surface area contributed by atoms with E-state index in [0.717, 1.165) is 0 Å². The van der Waals surface area contributed by atoms with Crippen molar-refractivity contribution in [1.29, 1.82) is 0 Å². The Hall–Kier alpha value is -5.44. The third-order valence-electron chi connectivity index (χ3n) is 15.3. The molecule has 0 aliphatic heterocycles. The van der Waals surface area contributed by atoms with Crippen LogP contribution in [0.3, 0.4) is 0 Å². The predicted molar refractivity (Wildman–Crippen MR) is 262 cm³/mol. The van der Waals surface area contributed by atoms with E-state index < -0.39 is 0 Å². The molecule has 304 valence electrons. The maximum atomic E-state index is 2.64. The van der Waals surface area contributed by atoms with Crippen molar-refractivity contribution in [2.45, 2.75) is 96.3 Å². The SMILES string of the molecule is CC[C@@H]1CC2C[C@H](C)CC(C1)c1cc(N(c3cccc(-c4cccc5c4sc4ccccc45)c3)c3ccc4c(c3)C(C)(C)c3ccccc3-4)ccc1C(C)(C)c1ccccc12. The lowest BCUT2D eigenvalue weighted by molar-refractivity contribution is 0.266. The smallest absolute Gasteiger partial charge is 0.0467 e. The summed E-state index contributed by atoms with van der Waals surface area (Å²) in [5, 5.41) is 2.68. The Morgan fingerprint density at radius 3 is 1.95 bits per heavy atom. The molecule has 1 nitrogen and oxygen atoms in total. The number of fused-ring (bicyclic) bond motifs is 10. The number of rotatable bonds is 5. The van der Waals surface area contributed by atoms with Crippen molar-refractivity contribution in [3.05, 3.63) is 185 Å². The van der Waals surface area contributed by atoms with Crippen LogP contribution in [0.2, 0.25) is 0 Å². The lowest BCUT2D eigenvalue weighted by Crippen LogP contribution is -2.30. The van der Waals surface area contributed by atoms with Crippen LogP contribution >= 0.6 is 11.3 Å². The number of thiophene rings is 1.